The third-order valence-electron chi connectivity index (χ3n) is 16.0. The van der Waals surface area contributed by atoms with Crippen LogP contribution in [0.1, 0.15) is 38.9 Å². The van der Waals surface area contributed by atoms with E-state index in [4.69, 9.17) is 0 Å². The third-order valence-corrected chi connectivity index (χ3v) is 16.0. The molecule has 0 spiro atoms. The van der Waals surface area contributed by atoms with Crippen molar-refractivity contribution in [3.63, 3.8) is 0 Å². The van der Waals surface area contributed by atoms with E-state index in [9.17, 15) is 0 Å². The second kappa shape index (κ2) is 20.4. The van der Waals surface area contributed by atoms with Gasteiger partial charge in [-0.15, -0.1) is 0 Å². The summed E-state index contributed by atoms with van der Waals surface area (Å²) < 4.78 is 0. The molecule has 0 atom stereocenters. The molecule has 0 N–H and O–H groups in total. The Bertz CT molecular complexity index is 4300. The van der Waals surface area contributed by atoms with Crippen LogP contribution in [0.2, 0.25) is 0 Å². The van der Waals surface area contributed by atoms with Crippen LogP contribution in [0.3, 0.4) is 0 Å². The van der Waals surface area contributed by atoms with Gasteiger partial charge < -0.3 is 0 Å². The Balaban J connectivity index is 1.13. The van der Waals surface area contributed by atoms with Crippen LogP contribution in [0.25, 0.3) is 106 Å². The average molecular weight is 1000 g/mol. The van der Waals surface area contributed by atoms with Crippen molar-refractivity contribution in [2.75, 3.05) is 0 Å². The zero-order chi connectivity index (χ0) is 52.7. The molecule has 0 heterocycles. The topological polar surface area (TPSA) is 0 Å². The first-order valence-corrected chi connectivity index (χ1v) is 27.4. The minimum atomic E-state index is 1.17. The predicted molar refractivity (Wildman–Crippen MR) is 335 cm³/mol. The van der Waals surface area contributed by atoms with Gasteiger partial charge in [0.2, 0.25) is 0 Å². The number of hydrogen-bond donors (Lipinski definition) is 0. The Morgan fingerprint density at radius 2 is 0.392 bits per heavy atom. The summed E-state index contributed by atoms with van der Waals surface area (Å²) in [7, 11) is 0. The number of hydrogen-bond acceptors (Lipinski definition) is 0. The molecular formula is C79H54. The molecule has 0 nitrogen and oxygen atoms in total. The van der Waals surface area contributed by atoms with Crippen LogP contribution in [0.15, 0.2) is 315 Å². The highest BCUT2D eigenvalue weighted by atomic mass is 14.5. The molecular weight excluding hydrogens is 949 g/mol. The van der Waals surface area contributed by atoms with Gasteiger partial charge in [0.15, 0.2) is 0 Å². The fraction of sp³-hybridized carbons (Fsp3) is 0.0127. The summed E-state index contributed by atoms with van der Waals surface area (Å²) in [5, 5.41) is 0. The van der Waals surface area contributed by atoms with E-state index in [1.165, 1.54) is 150 Å². The quantitative estimate of drug-likeness (QED) is 0.121. The van der Waals surface area contributed by atoms with Crippen molar-refractivity contribution in [2.45, 2.75) is 6.92 Å². The second-order valence-electron chi connectivity index (χ2n) is 20.6. The van der Waals surface area contributed by atoms with Gasteiger partial charge in [0.05, 0.1) is 0 Å². The standard InChI is InChI=1S/C79H54/c1-53-69(60-29-13-4-14-30-60)71(61-31-15-5-16-32-61)73(63-35-19-7-20-36-63)77-70(53)78-75(67-41-23-39-65(51-67)58-47-43-56(44-48-58)54-25-9-2-10-26-54)72(62-33-17-6-18-34-62)74(64-37-21-8-22-38-64)79(78)76(77)68-42-24-40-66(52-68)59-49-45-57(46-50-59)55-27-11-3-12-28-55/h2-52H,1H3. The van der Waals surface area contributed by atoms with E-state index in [2.05, 4.69) is 316 Å². The average Bonchev–Trinajstić information content (AvgIpc) is 2.51. The maximum atomic E-state index is 2.45. The molecule has 370 valence electrons. The monoisotopic (exact) mass is 1000 g/mol. The van der Waals surface area contributed by atoms with Crippen LogP contribution in [0.4, 0.5) is 0 Å². The maximum absolute atomic E-state index is 2.45. The summed E-state index contributed by atoms with van der Waals surface area (Å²) in [5.41, 5.74) is 32.7. The van der Waals surface area contributed by atoms with E-state index in [-0.39, 0.29) is 0 Å². The van der Waals surface area contributed by atoms with Crippen molar-refractivity contribution in [3.8, 4) is 77.9 Å². The van der Waals surface area contributed by atoms with E-state index < -0.39 is 0 Å². The molecule has 14 rings (SSSR count). The van der Waals surface area contributed by atoms with Crippen LogP contribution < -0.4 is 0 Å². The number of benzene rings is 12. The molecule has 2 aliphatic carbocycles. The van der Waals surface area contributed by atoms with Crippen LogP contribution in [0.5, 0.6) is 0 Å². The van der Waals surface area contributed by atoms with E-state index in [1.807, 2.05) is 0 Å². The lowest BCUT2D eigenvalue weighted by Crippen LogP contribution is -2.04. The van der Waals surface area contributed by atoms with E-state index in [0.717, 1.165) is 0 Å². The van der Waals surface area contributed by atoms with Gasteiger partial charge >= 0.3 is 0 Å². The van der Waals surface area contributed by atoms with Crippen molar-refractivity contribution >= 4 is 27.9 Å². The molecule has 0 aliphatic heterocycles. The van der Waals surface area contributed by atoms with Gasteiger partial charge in [-0.25, -0.2) is 0 Å². The van der Waals surface area contributed by atoms with Crippen molar-refractivity contribution in [2.24, 2.45) is 0 Å². The molecule has 12 aromatic rings. The van der Waals surface area contributed by atoms with Gasteiger partial charge in [-0.1, -0.05) is 297 Å². The summed E-state index contributed by atoms with van der Waals surface area (Å²) in [5.74, 6) is 0. The first-order chi connectivity index (χ1) is 39.2. The van der Waals surface area contributed by atoms with Crippen molar-refractivity contribution in [1.29, 1.82) is 0 Å². The lowest BCUT2D eigenvalue weighted by atomic mass is 9.76. The largest absolute Gasteiger partial charge is 0.0622 e. The zero-order valence-corrected chi connectivity index (χ0v) is 43.9. The van der Waals surface area contributed by atoms with Crippen LogP contribution in [0, 0.1) is 6.92 Å². The summed E-state index contributed by atoms with van der Waals surface area (Å²) in [4.78, 5) is 0. The minimum absolute atomic E-state index is 1.17. The van der Waals surface area contributed by atoms with E-state index >= 15 is 0 Å². The number of fused-ring (bicyclic) bond motifs is 3. The Morgan fingerprint density at radius 3 is 0.785 bits per heavy atom. The highest BCUT2D eigenvalue weighted by Crippen LogP contribution is 2.65. The SMILES string of the molecule is Cc1c2c(c(-c3ccccc3)c(-c3ccccc3)c1-c1ccccc1)C(c1cccc(-c3ccc(-c4ccccc4)cc3)c1)=C1C(c3ccccc3)=C(c3ccccc3)C(c3cccc(-c4ccc(-c5ccccc5)cc4)c3)=C12. The highest BCUT2D eigenvalue weighted by molar-refractivity contribution is 6.40. The first kappa shape index (κ1) is 47.3. The van der Waals surface area contributed by atoms with Crippen LogP contribution in [-0.2, 0) is 0 Å². The normalized spacial score (nSPS) is 12.7. The van der Waals surface area contributed by atoms with Gasteiger partial charge in [0.1, 0.15) is 0 Å². The molecule has 0 saturated heterocycles. The second-order valence-corrected chi connectivity index (χ2v) is 20.6. The molecule has 0 unspecified atom stereocenters. The molecule has 0 fully saturated rings. The molecule has 0 aromatic heterocycles. The highest BCUT2D eigenvalue weighted by Gasteiger charge is 2.44. The smallest absolute Gasteiger partial charge is 0.000104 e. The van der Waals surface area contributed by atoms with E-state index in [0.29, 0.717) is 0 Å². The summed E-state index contributed by atoms with van der Waals surface area (Å²) in [6.07, 6.45) is 0. The molecule has 0 heteroatoms. The van der Waals surface area contributed by atoms with Crippen molar-refractivity contribution in [1.82, 2.24) is 0 Å². The fourth-order valence-electron chi connectivity index (χ4n) is 12.5. The van der Waals surface area contributed by atoms with Gasteiger partial charge in [-0.2, -0.15) is 0 Å². The van der Waals surface area contributed by atoms with Gasteiger partial charge in [0.25, 0.3) is 0 Å². The number of allylic oxidation sites excluding steroid dienone is 5. The Kier molecular flexibility index (Phi) is 12.2. The molecule has 12 aromatic carbocycles. The Hall–Kier alpha value is -10.1. The molecule has 0 radical (unpaired) electrons. The predicted octanol–water partition coefficient (Wildman–Crippen LogP) is 21.0. The van der Waals surface area contributed by atoms with Gasteiger partial charge in [-0.05, 0) is 169 Å². The summed E-state index contributed by atoms with van der Waals surface area (Å²) in [6.45, 7) is 2.39. The molecule has 0 bridgehead atoms. The third kappa shape index (κ3) is 8.52. The fourth-order valence-corrected chi connectivity index (χ4v) is 12.5. The minimum Gasteiger partial charge on any atom is -0.0622 e. The van der Waals surface area contributed by atoms with Crippen molar-refractivity contribution < 1.29 is 0 Å². The Labute approximate surface area is 464 Å². The van der Waals surface area contributed by atoms with Gasteiger partial charge in [0, 0.05) is 0 Å². The van der Waals surface area contributed by atoms with E-state index in [1.54, 1.807) is 0 Å². The summed E-state index contributed by atoms with van der Waals surface area (Å²) in [6, 6.07) is 114. The lowest BCUT2D eigenvalue weighted by molar-refractivity contribution is 1.40. The van der Waals surface area contributed by atoms with Crippen molar-refractivity contribution in [3.05, 3.63) is 354 Å². The molecule has 2 aliphatic rings. The number of rotatable bonds is 11. The molecule has 0 saturated carbocycles. The molecule has 0 amide bonds. The zero-order valence-electron chi connectivity index (χ0n) is 43.9. The summed E-state index contributed by atoms with van der Waals surface area (Å²) >= 11 is 0. The lowest BCUT2D eigenvalue weighted by Gasteiger charge is -2.26. The first-order valence-electron chi connectivity index (χ1n) is 27.4. The molecule has 79 heavy (non-hydrogen) atoms. The van der Waals surface area contributed by atoms with Crippen LogP contribution in [-0.4, -0.2) is 0 Å². The Morgan fingerprint density at radius 1 is 0.139 bits per heavy atom. The maximum Gasteiger partial charge on any atom is -0.000104 e. The van der Waals surface area contributed by atoms with Crippen LogP contribution >= 0.6 is 0 Å². The van der Waals surface area contributed by atoms with Gasteiger partial charge in [-0.3, -0.25) is 0 Å².